The van der Waals surface area contributed by atoms with Gasteiger partial charge in [-0.2, -0.15) is 0 Å². The van der Waals surface area contributed by atoms with E-state index in [-0.39, 0.29) is 5.97 Å². The molecule has 0 N–H and O–H groups in total. The molecule has 0 unspecified atom stereocenters. The third-order valence-corrected chi connectivity index (χ3v) is 3.93. The van der Waals surface area contributed by atoms with Gasteiger partial charge in [0.2, 0.25) is 0 Å². The lowest BCUT2D eigenvalue weighted by molar-refractivity contribution is -0.141. The van der Waals surface area contributed by atoms with Gasteiger partial charge in [-0.1, -0.05) is 12.1 Å². The second-order valence-corrected chi connectivity index (χ2v) is 5.41. The Balaban J connectivity index is 1.70. The van der Waals surface area contributed by atoms with Crippen molar-refractivity contribution in [2.45, 2.75) is 6.42 Å². The molecule has 1 aliphatic heterocycles. The number of carbonyl (C=O) groups is 1. The minimum absolute atomic E-state index is 0.182. The van der Waals surface area contributed by atoms with Crippen LogP contribution in [0.3, 0.4) is 0 Å². The first-order valence-corrected chi connectivity index (χ1v) is 7.52. The molecule has 1 aromatic heterocycles. The zero-order valence-corrected chi connectivity index (χ0v) is 12.7. The van der Waals surface area contributed by atoms with Gasteiger partial charge in [0.1, 0.15) is 5.82 Å². The Morgan fingerprint density at radius 1 is 1.18 bits per heavy atom. The molecule has 3 rings (SSSR count). The van der Waals surface area contributed by atoms with Gasteiger partial charge in [0, 0.05) is 26.2 Å². The Labute approximate surface area is 129 Å². The smallest absolute Gasteiger partial charge is 0.319 e. The maximum absolute atomic E-state index is 11.4. The van der Waals surface area contributed by atoms with E-state index in [0.717, 1.165) is 49.5 Å². The summed E-state index contributed by atoms with van der Waals surface area (Å²) in [5.41, 5.74) is 1.82. The normalized spacial score (nSPS) is 16.5. The number of carbonyl (C=O) groups excluding carboxylic acids is 1. The van der Waals surface area contributed by atoms with Crippen LogP contribution < -0.4 is 4.90 Å². The van der Waals surface area contributed by atoms with Crippen molar-refractivity contribution in [2.75, 3.05) is 44.7 Å². The van der Waals surface area contributed by atoms with Crippen molar-refractivity contribution in [2.24, 2.45) is 0 Å². The minimum Gasteiger partial charge on any atom is -0.468 e. The summed E-state index contributed by atoms with van der Waals surface area (Å²) in [5.74, 6) is 0.720. The van der Waals surface area contributed by atoms with Crippen molar-refractivity contribution in [1.82, 2.24) is 14.9 Å². The van der Waals surface area contributed by atoms with Crippen LogP contribution in [0.4, 0.5) is 5.82 Å². The molecule has 116 valence electrons. The summed E-state index contributed by atoms with van der Waals surface area (Å²) < 4.78 is 4.74. The van der Waals surface area contributed by atoms with Gasteiger partial charge in [0.15, 0.2) is 0 Å². The first-order chi connectivity index (χ1) is 10.8. The fraction of sp³-hybridized carbons (Fsp3) is 0.438. The number of methoxy groups -OCH3 is 1. The number of rotatable bonds is 3. The van der Waals surface area contributed by atoms with Gasteiger partial charge in [-0.3, -0.25) is 14.7 Å². The summed E-state index contributed by atoms with van der Waals surface area (Å²) in [4.78, 5) is 24.9. The Morgan fingerprint density at radius 3 is 2.82 bits per heavy atom. The van der Waals surface area contributed by atoms with E-state index in [1.165, 1.54) is 7.11 Å². The third kappa shape index (κ3) is 3.33. The Kier molecular flexibility index (Phi) is 4.48. The summed E-state index contributed by atoms with van der Waals surface area (Å²) >= 11 is 0. The van der Waals surface area contributed by atoms with E-state index in [9.17, 15) is 4.79 Å². The van der Waals surface area contributed by atoms with E-state index in [1.54, 1.807) is 0 Å². The number of esters is 1. The van der Waals surface area contributed by atoms with Crippen molar-refractivity contribution in [3.8, 4) is 0 Å². The van der Waals surface area contributed by atoms with Crippen LogP contribution in [-0.4, -0.2) is 60.7 Å². The first-order valence-electron chi connectivity index (χ1n) is 7.52. The SMILES string of the molecule is COC(=O)CN1CCCN(c2cnc3ccccc3n2)CC1. The summed E-state index contributed by atoms with van der Waals surface area (Å²) in [6.45, 7) is 3.83. The molecular weight excluding hydrogens is 280 g/mol. The van der Waals surface area contributed by atoms with Gasteiger partial charge < -0.3 is 9.64 Å². The molecule has 6 nitrogen and oxygen atoms in total. The van der Waals surface area contributed by atoms with Crippen molar-refractivity contribution in [3.63, 3.8) is 0 Å². The maximum atomic E-state index is 11.4. The molecule has 1 aromatic carbocycles. The number of nitrogens with zero attached hydrogens (tertiary/aromatic N) is 4. The average Bonchev–Trinajstić information content (AvgIpc) is 2.80. The van der Waals surface area contributed by atoms with Crippen LogP contribution in [-0.2, 0) is 9.53 Å². The summed E-state index contributed by atoms with van der Waals surface area (Å²) in [5, 5.41) is 0. The highest BCUT2D eigenvalue weighted by Crippen LogP contribution is 2.17. The van der Waals surface area contributed by atoms with Crippen molar-refractivity contribution in [1.29, 1.82) is 0 Å². The monoisotopic (exact) mass is 300 g/mol. The average molecular weight is 300 g/mol. The molecule has 0 saturated carbocycles. The number of para-hydroxylation sites is 2. The highest BCUT2D eigenvalue weighted by Gasteiger charge is 2.18. The molecule has 6 heteroatoms. The molecule has 2 aromatic rings. The van der Waals surface area contributed by atoms with Crippen molar-refractivity contribution < 1.29 is 9.53 Å². The van der Waals surface area contributed by atoms with Gasteiger partial charge in [0.25, 0.3) is 0 Å². The van der Waals surface area contributed by atoms with Gasteiger partial charge in [0.05, 0.1) is 30.9 Å². The molecule has 2 heterocycles. The zero-order valence-electron chi connectivity index (χ0n) is 12.7. The predicted molar refractivity (Wildman–Crippen MR) is 84.8 cm³/mol. The molecule has 1 fully saturated rings. The molecule has 0 atom stereocenters. The van der Waals surface area contributed by atoms with Gasteiger partial charge in [-0.15, -0.1) is 0 Å². The molecule has 0 amide bonds. The second-order valence-electron chi connectivity index (χ2n) is 5.41. The van der Waals surface area contributed by atoms with Crippen LogP contribution in [0.25, 0.3) is 11.0 Å². The van der Waals surface area contributed by atoms with Crippen LogP contribution in [0.1, 0.15) is 6.42 Å². The topological polar surface area (TPSA) is 58.6 Å². The van der Waals surface area contributed by atoms with Crippen LogP contribution in [0.2, 0.25) is 0 Å². The minimum atomic E-state index is -0.182. The third-order valence-electron chi connectivity index (χ3n) is 3.93. The van der Waals surface area contributed by atoms with E-state index in [4.69, 9.17) is 9.72 Å². The lowest BCUT2D eigenvalue weighted by atomic mass is 10.3. The fourth-order valence-corrected chi connectivity index (χ4v) is 2.71. The summed E-state index contributed by atoms with van der Waals surface area (Å²) in [7, 11) is 1.43. The standard InChI is InChI=1S/C16H20N4O2/c1-22-16(21)12-19-7-4-8-20(10-9-19)15-11-17-13-5-2-3-6-14(13)18-15/h2-3,5-6,11H,4,7-10,12H2,1H3. The van der Waals surface area contributed by atoms with Crippen LogP contribution >= 0.6 is 0 Å². The lowest BCUT2D eigenvalue weighted by Crippen LogP contribution is -2.34. The van der Waals surface area contributed by atoms with E-state index >= 15 is 0 Å². The number of ether oxygens (including phenoxy) is 1. The van der Waals surface area contributed by atoms with E-state index < -0.39 is 0 Å². The molecule has 0 bridgehead atoms. The number of anilines is 1. The summed E-state index contributed by atoms with van der Waals surface area (Å²) in [6, 6.07) is 7.88. The molecule has 1 aliphatic rings. The Hall–Kier alpha value is -2.21. The van der Waals surface area contributed by atoms with Crippen LogP contribution in [0.15, 0.2) is 30.5 Å². The van der Waals surface area contributed by atoms with Gasteiger partial charge >= 0.3 is 5.97 Å². The zero-order chi connectivity index (χ0) is 15.4. The highest BCUT2D eigenvalue weighted by molar-refractivity contribution is 5.75. The Bertz CT molecular complexity index is 661. The van der Waals surface area contributed by atoms with E-state index in [2.05, 4.69) is 14.8 Å². The highest BCUT2D eigenvalue weighted by atomic mass is 16.5. The summed E-state index contributed by atoms with van der Waals surface area (Å²) in [6.07, 6.45) is 2.82. The molecule has 0 radical (unpaired) electrons. The molecule has 0 aliphatic carbocycles. The first kappa shape index (κ1) is 14.7. The quantitative estimate of drug-likeness (QED) is 0.797. The molecular formula is C16H20N4O2. The number of aromatic nitrogens is 2. The number of fused-ring (bicyclic) bond motifs is 1. The number of hydrogen-bond acceptors (Lipinski definition) is 6. The molecule has 22 heavy (non-hydrogen) atoms. The number of benzene rings is 1. The van der Waals surface area contributed by atoms with Crippen LogP contribution in [0, 0.1) is 0 Å². The Morgan fingerprint density at radius 2 is 2.00 bits per heavy atom. The molecule has 1 saturated heterocycles. The maximum Gasteiger partial charge on any atom is 0.319 e. The van der Waals surface area contributed by atoms with Crippen LogP contribution in [0.5, 0.6) is 0 Å². The predicted octanol–water partition coefficient (Wildman–Crippen LogP) is 1.31. The van der Waals surface area contributed by atoms with Crippen molar-refractivity contribution in [3.05, 3.63) is 30.5 Å². The second kappa shape index (κ2) is 6.70. The lowest BCUT2D eigenvalue weighted by Gasteiger charge is -2.22. The fourth-order valence-electron chi connectivity index (χ4n) is 2.71. The van der Waals surface area contributed by atoms with E-state index in [0.29, 0.717) is 6.54 Å². The molecule has 0 spiro atoms. The van der Waals surface area contributed by atoms with Gasteiger partial charge in [-0.25, -0.2) is 4.98 Å². The van der Waals surface area contributed by atoms with Crippen molar-refractivity contribution >= 4 is 22.8 Å². The van der Waals surface area contributed by atoms with E-state index in [1.807, 2.05) is 30.5 Å². The number of hydrogen-bond donors (Lipinski definition) is 0. The largest absolute Gasteiger partial charge is 0.468 e. The van der Waals surface area contributed by atoms with Gasteiger partial charge in [-0.05, 0) is 18.6 Å².